The third kappa shape index (κ3) is 10.7. The van der Waals surface area contributed by atoms with Crippen LogP contribution in [0.25, 0.3) is 76.6 Å². The molecule has 0 amide bonds. The zero-order chi connectivity index (χ0) is 48.0. The highest BCUT2D eigenvalue weighted by Crippen LogP contribution is 2.39. The van der Waals surface area contributed by atoms with Crippen LogP contribution in [0.5, 0.6) is 0 Å². The highest BCUT2D eigenvalue weighted by molar-refractivity contribution is 7.29. The number of fused-ring (bicyclic) bond motifs is 2. The normalized spacial score (nSPS) is 12.3. The van der Waals surface area contributed by atoms with Crippen LogP contribution >= 0.6 is 45.3 Å². The van der Waals surface area contributed by atoms with Gasteiger partial charge in [-0.1, -0.05) is 97.1 Å². The Morgan fingerprint density at radius 2 is 0.884 bits per heavy atom. The molecule has 9 aromatic rings. The average Bonchev–Trinajstić information content (AvgIpc) is 4.13. The second-order valence-corrected chi connectivity index (χ2v) is 20.4. The van der Waals surface area contributed by atoms with Gasteiger partial charge < -0.3 is 15.1 Å². The fourth-order valence-corrected chi connectivity index (χ4v) is 12.1. The van der Waals surface area contributed by atoms with Crippen LogP contribution in [-0.2, 0) is 9.59 Å². The molecular weight excluding hydrogens is 931 g/mol. The van der Waals surface area contributed by atoms with Gasteiger partial charge in [-0.25, -0.2) is 9.69 Å². The third-order valence-corrected chi connectivity index (χ3v) is 15.7. The van der Waals surface area contributed by atoms with Gasteiger partial charge in [0, 0.05) is 55.4 Å². The van der Waals surface area contributed by atoms with Gasteiger partial charge in [-0.3, -0.25) is 9.59 Å². The van der Waals surface area contributed by atoms with E-state index in [2.05, 4.69) is 186 Å². The van der Waals surface area contributed by atoms with Crippen LogP contribution in [-0.4, -0.2) is 22.2 Å². The van der Waals surface area contributed by atoms with E-state index in [4.69, 9.17) is 13.1 Å². The van der Waals surface area contributed by atoms with Gasteiger partial charge in [0.25, 0.3) is 11.4 Å². The van der Waals surface area contributed by atoms with Crippen molar-refractivity contribution in [2.45, 2.75) is 13.8 Å². The molecule has 0 radical (unpaired) electrons. The van der Waals surface area contributed by atoms with Crippen molar-refractivity contribution < 1.29 is 19.8 Å². The maximum Gasteiger partial charge on any atom is 0.333 e. The third-order valence-electron chi connectivity index (χ3n) is 11.3. The monoisotopic (exact) mass is 969 g/mol. The number of nitrogens with zero attached hydrogens (tertiary/aromatic N) is 3. The summed E-state index contributed by atoms with van der Waals surface area (Å²) in [5.74, 6) is -2.45. The zero-order valence-corrected chi connectivity index (χ0v) is 40.3. The summed E-state index contributed by atoms with van der Waals surface area (Å²) in [6, 6.07) is 50.8. The number of aryl methyl sites for hydroxylation is 2. The summed E-state index contributed by atoms with van der Waals surface area (Å²) in [7, 11) is 0. The van der Waals surface area contributed by atoms with Crippen LogP contribution in [0.1, 0.15) is 58.5 Å². The van der Waals surface area contributed by atoms with Crippen molar-refractivity contribution in [2.24, 2.45) is 0 Å². The van der Waals surface area contributed by atoms with E-state index in [0.29, 0.717) is 0 Å². The van der Waals surface area contributed by atoms with E-state index >= 15 is 0 Å². The van der Waals surface area contributed by atoms with Gasteiger partial charge in [0.05, 0.1) is 13.1 Å². The van der Waals surface area contributed by atoms with Gasteiger partial charge in [-0.05, 0) is 149 Å². The molecule has 0 spiro atoms. The lowest BCUT2D eigenvalue weighted by atomic mass is 9.93. The van der Waals surface area contributed by atoms with E-state index in [1.807, 2.05) is 18.2 Å². The Morgan fingerprint density at radius 1 is 0.464 bits per heavy atom. The molecule has 11 heteroatoms. The molecule has 9 rings (SSSR count). The Bertz CT molecular complexity index is 3410. The summed E-state index contributed by atoms with van der Waals surface area (Å²) in [5, 5.41) is 18.5. The maximum atomic E-state index is 11.3. The van der Waals surface area contributed by atoms with Gasteiger partial charge in [0.15, 0.2) is 0 Å². The van der Waals surface area contributed by atoms with E-state index in [-0.39, 0.29) is 11.4 Å². The fourth-order valence-electron chi connectivity index (χ4n) is 7.63. The molecule has 7 nitrogen and oxygen atoms in total. The van der Waals surface area contributed by atoms with Crippen molar-refractivity contribution in [1.29, 1.82) is 0 Å². The number of carbonyl (C=O) groups is 2. The predicted octanol–water partition coefficient (Wildman–Crippen LogP) is 16.9. The van der Waals surface area contributed by atoms with Crippen molar-refractivity contribution in [1.82, 2.24) is 0 Å². The summed E-state index contributed by atoms with van der Waals surface area (Å²) in [5.41, 5.74) is 11.5. The van der Waals surface area contributed by atoms with Crippen molar-refractivity contribution >= 4 is 141 Å². The lowest BCUT2D eigenvalue weighted by Crippen LogP contribution is -2.09. The van der Waals surface area contributed by atoms with Gasteiger partial charge >= 0.3 is 11.9 Å². The molecule has 2 N–H and O–H groups in total. The smallest absolute Gasteiger partial charge is 0.333 e. The first-order chi connectivity index (χ1) is 33.5. The summed E-state index contributed by atoms with van der Waals surface area (Å²) < 4.78 is 4.18. The van der Waals surface area contributed by atoms with E-state index < -0.39 is 11.9 Å². The number of carboxylic acid groups (broad SMARTS) is 2. The van der Waals surface area contributed by atoms with E-state index in [0.717, 1.165) is 83.2 Å². The molecule has 5 aromatic carbocycles. The topological polar surface area (TPSA) is 86.6 Å². The molecule has 0 aliphatic rings. The average molecular weight is 970 g/mol. The van der Waals surface area contributed by atoms with Crippen LogP contribution in [0.2, 0.25) is 0 Å². The number of hydrogen-bond donors (Lipinski definition) is 2. The minimum atomic E-state index is -1.23. The Hall–Kier alpha value is -8.16. The fraction of sp³-hybridized carbons (Fsp3) is 0.0345. The molecule has 0 fully saturated rings. The molecule has 334 valence electrons. The molecule has 4 aromatic heterocycles. The van der Waals surface area contributed by atoms with E-state index in [1.165, 1.54) is 51.5 Å². The van der Waals surface area contributed by atoms with Crippen LogP contribution < -0.4 is 4.90 Å². The Balaban J connectivity index is 0.997. The van der Waals surface area contributed by atoms with Gasteiger partial charge in [-0.15, -0.1) is 45.3 Å². The van der Waals surface area contributed by atoms with Gasteiger partial charge in [0.2, 0.25) is 0 Å². The van der Waals surface area contributed by atoms with Crippen LogP contribution in [0.15, 0.2) is 157 Å². The minimum absolute atomic E-state index is 0.299. The number of aliphatic carboxylic acids is 2. The molecule has 0 bridgehead atoms. The Kier molecular flexibility index (Phi) is 13.6. The largest absolute Gasteiger partial charge is 0.486 e. The van der Waals surface area contributed by atoms with E-state index in [9.17, 15) is 19.8 Å². The summed E-state index contributed by atoms with van der Waals surface area (Å²) in [4.78, 5) is 34.8. The zero-order valence-electron chi connectivity index (χ0n) is 37.1. The summed E-state index contributed by atoms with van der Waals surface area (Å²) in [6.07, 6.45) is 13.5. The highest BCUT2D eigenvalue weighted by atomic mass is 32.1. The number of thiophene rings is 4. The number of anilines is 3. The summed E-state index contributed by atoms with van der Waals surface area (Å²) >= 11 is 6.18. The lowest BCUT2D eigenvalue weighted by molar-refractivity contribution is -0.133. The van der Waals surface area contributed by atoms with E-state index in [1.54, 1.807) is 22.7 Å². The molecule has 0 saturated heterocycles. The van der Waals surface area contributed by atoms with Crippen molar-refractivity contribution in [2.75, 3.05) is 4.90 Å². The molecule has 4 heterocycles. The molecule has 0 unspecified atom stereocenters. The SMILES string of the molecule is [C-]#[N+]/C(=C\c1cc2sc(/C=C/c3ccc(N(c4ccc(/C=C/c5cc6sc(/C=C(\[N+]#[C-])C(=O)O)cc6s5)cc4)c4ccc(/C=C(\c5ccccc5)c5ccc(C)c(C)c5)cc4)cc3)cc2s1)C(=O)O. The second kappa shape index (κ2) is 20.4. The van der Waals surface area contributed by atoms with Crippen molar-refractivity contribution in [3.05, 3.63) is 238 Å². The van der Waals surface area contributed by atoms with Crippen LogP contribution in [0, 0.1) is 27.0 Å². The number of benzene rings is 5. The lowest BCUT2D eigenvalue weighted by Gasteiger charge is -2.26. The highest BCUT2D eigenvalue weighted by Gasteiger charge is 2.15. The second-order valence-electron chi connectivity index (χ2n) is 15.9. The van der Waals surface area contributed by atoms with Gasteiger partial charge in [0.1, 0.15) is 0 Å². The molecule has 0 atom stereocenters. The van der Waals surface area contributed by atoms with Crippen LogP contribution in [0.3, 0.4) is 0 Å². The number of rotatable bonds is 14. The summed E-state index contributed by atoms with van der Waals surface area (Å²) in [6.45, 7) is 18.6. The molecule has 0 aliphatic heterocycles. The number of carboxylic acids is 2. The van der Waals surface area contributed by atoms with Crippen molar-refractivity contribution in [3.8, 4) is 0 Å². The predicted molar refractivity (Wildman–Crippen MR) is 292 cm³/mol. The standard InChI is InChI=1S/C58H39N3O4S4/c1-36-10-19-42(28-37(36)2)50(41-8-6-5-7-9-41)29-40-15-24-45(25-16-40)61(43-20-11-38(12-21-43)17-26-46-32-53-55(66-46)34-48(68-53)30-51(59-3)57(62)63)44-22-13-39(14-23-44)18-27-47-33-54-56(67-47)35-49(69-54)31-52(60-4)58(64)65/h5-35H,1-2H3,(H,62,63)(H,64,65)/b26-17+,27-18+,50-29+,51-30-,52-31-. The molecule has 0 saturated carbocycles. The first-order valence-electron chi connectivity index (χ1n) is 21.5. The first kappa shape index (κ1) is 46.0. The number of hydrogen-bond acceptors (Lipinski definition) is 7. The Labute approximate surface area is 415 Å². The quantitative estimate of drug-likeness (QED) is 0.0644. The Morgan fingerprint density at radius 3 is 1.30 bits per heavy atom. The molecule has 0 aliphatic carbocycles. The molecular formula is C58H39N3O4S4. The van der Waals surface area contributed by atoms with Crippen molar-refractivity contribution in [3.63, 3.8) is 0 Å². The van der Waals surface area contributed by atoms with Crippen LogP contribution in [0.4, 0.5) is 17.1 Å². The minimum Gasteiger partial charge on any atom is -0.486 e. The molecule has 69 heavy (non-hydrogen) atoms. The maximum absolute atomic E-state index is 11.3. The van der Waals surface area contributed by atoms with Gasteiger partial charge in [-0.2, -0.15) is 0 Å². The first-order valence-corrected chi connectivity index (χ1v) is 24.8.